The first kappa shape index (κ1) is 14.8. The standard InChI is InChI=1S/C16H29N3/c1-4-10-18-16(12-17)9-5-6-15(11-16)19(3)13(2)14-7-8-14/h13-15,18H,4-11H2,1-3H3. The van der Waals surface area contributed by atoms with Gasteiger partial charge in [0.25, 0.3) is 0 Å². The van der Waals surface area contributed by atoms with E-state index in [9.17, 15) is 5.26 Å². The second-order valence-corrected chi connectivity index (χ2v) is 6.61. The quantitative estimate of drug-likeness (QED) is 0.801. The lowest BCUT2D eigenvalue weighted by Gasteiger charge is -2.42. The van der Waals surface area contributed by atoms with Gasteiger partial charge >= 0.3 is 0 Å². The first-order chi connectivity index (χ1) is 9.12. The van der Waals surface area contributed by atoms with Gasteiger partial charge in [-0.3, -0.25) is 5.32 Å². The Morgan fingerprint density at radius 3 is 2.74 bits per heavy atom. The van der Waals surface area contributed by atoms with E-state index < -0.39 is 0 Å². The molecule has 3 unspecified atom stereocenters. The Balaban J connectivity index is 1.96. The molecule has 0 spiro atoms. The van der Waals surface area contributed by atoms with Crippen molar-refractivity contribution in [3.63, 3.8) is 0 Å². The SMILES string of the molecule is CCCNC1(C#N)CCCC(N(C)C(C)C2CC2)C1. The first-order valence-electron chi connectivity index (χ1n) is 8.00. The van der Waals surface area contributed by atoms with Crippen molar-refractivity contribution in [3.05, 3.63) is 0 Å². The lowest BCUT2D eigenvalue weighted by atomic mass is 9.79. The van der Waals surface area contributed by atoms with Gasteiger partial charge in [0.1, 0.15) is 5.54 Å². The lowest BCUT2D eigenvalue weighted by Crippen LogP contribution is -2.53. The fraction of sp³-hybridized carbons (Fsp3) is 0.938. The summed E-state index contributed by atoms with van der Waals surface area (Å²) < 4.78 is 0. The van der Waals surface area contributed by atoms with Gasteiger partial charge in [-0.05, 0) is 71.4 Å². The highest BCUT2D eigenvalue weighted by atomic mass is 15.2. The molecular weight excluding hydrogens is 234 g/mol. The van der Waals surface area contributed by atoms with E-state index in [1.807, 2.05) is 0 Å². The van der Waals surface area contributed by atoms with Crippen molar-refractivity contribution < 1.29 is 0 Å². The van der Waals surface area contributed by atoms with Gasteiger partial charge in [-0.25, -0.2) is 0 Å². The topological polar surface area (TPSA) is 39.1 Å². The lowest BCUT2D eigenvalue weighted by molar-refractivity contribution is 0.103. The van der Waals surface area contributed by atoms with Crippen LogP contribution in [0.15, 0.2) is 0 Å². The zero-order valence-corrected chi connectivity index (χ0v) is 12.8. The van der Waals surface area contributed by atoms with Crippen LogP contribution in [0.5, 0.6) is 0 Å². The van der Waals surface area contributed by atoms with Gasteiger partial charge in [-0.1, -0.05) is 6.92 Å². The second-order valence-electron chi connectivity index (χ2n) is 6.61. The molecule has 1 N–H and O–H groups in total. The Bertz CT molecular complexity index is 331. The average Bonchev–Trinajstić information content (AvgIpc) is 3.28. The van der Waals surface area contributed by atoms with Crippen molar-refractivity contribution in [2.24, 2.45) is 5.92 Å². The van der Waals surface area contributed by atoms with Gasteiger partial charge in [0, 0.05) is 12.1 Å². The molecule has 0 heterocycles. The van der Waals surface area contributed by atoms with Gasteiger partial charge in [0.2, 0.25) is 0 Å². The number of hydrogen-bond donors (Lipinski definition) is 1. The number of rotatable bonds is 6. The molecule has 3 atom stereocenters. The maximum Gasteiger partial charge on any atom is 0.108 e. The van der Waals surface area contributed by atoms with Crippen LogP contribution in [0.1, 0.15) is 58.8 Å². The molecule has 0 amide bonds. The summed E-state index contributed by atoms with van der Waals surface area (Å²) in [6.45, 7) is 5.49. The minimum Gasteiger partial charge on any atom is -0.300 e. The van der Waals surface area contributed by atoms with Crippen LogP contribution in [0.25, 0.3) is 0 Å². The average molecular weight is 263 g/mol. The zero-order chi connectivity index (χ0) is 13.9. The summed E-state index contributed by atoms with van der Waals surface area (Å²) in [5.41, 5.74) is -0.267. The molecule has 0 aliphatic heterocycles. The summed E-state index contributed by atoms with van der Waals surface area (Å²) in [4.78, 5) is 2.55. The first-order valence-corrected chi connectivity index (χ1v) is 8.00. The Kier molecular flexibility index (Phi) is 4.86. The third-order valence-corrected chi connectivity index (χ3v) is 5.17. The third kappa shape index (κ3) is 3.49. The normalized spacial score (nSPS) is 33.1. The Morgan fingerprint density at radius 2 is 2.16 bits per heavy atom. The van der Waals surface area contributed by atoms with E-state index in [2.05, 4.69) is 37.2 Å². The van der Waals surface area contributed by atoms with E-state index >= 15 is 0 Å². The van der Waals surface area contributed by atoms with Crippen LogP contribution in [-0.2, 0) is 0 Å². The van der Waals surface area contributed by atoms with Crippen LogP contribution in [0.3, 0.4) is 0 Å². The van der Waals surface area contributed by atoms with Crippen molar-refractivity contribution in [1.82, 2.24) is 10.2 Å². The Hall–Kier alpha value is -0.590. The van der Waals surface area contributed by atoms with Crippen molar-refractivity contribution in [2.45, 2.75) is 76.4 Å². The molecule has 0 saturated heterocycles. The van der Waals surface area contributed by atoms with E-state index in [0.717, 1.165) is 31.7 Å². The third-order valence-electron chi connectivity index (χ3n) is 5.17. The molecule has 0 radical (unpaired) electrons. The van der Waals surface area contributed by atoms with Gasteiger partial charge in [-0.15, -0.1) is 0 Å². The minimum absolute atomic E-state index is 0.267. The van der Waals surface area contributed by atoms with Crippen LogP contribution < -0.4 is 5.32 Å². The predicted molar refractivity (Wildman–Crippen MR) is 78.8 cm³/mol. The van der Waals surface area contributed by atoms with Crippen LogP contribution >= 0.6 is 0 Å². The van der Waals surface area contributed by atoms with Crippen molar-refractivity contribution in [3.8, 4) is 6.07 Å². The van der Waals surface area contributed by atoms with Gasteiger partial charge in [0.15, 0.2) is 0 Å². The van der Waals surface area contributed by atoms with Gasteiger partial charge in [-0.2, -0.15) is 5.26 Å². The molecular formula is C16H29N3. The molecule has 19 heavy (non-hydrogen) atoms. The van der Waals surface area contributed by atoms with Crippen LogP contribution in [-0.4, -0.2) is 36.1 Å². The molecule has 3 heteroatoms. The van der Waals surface area contributed by atoms with E-state index in [1.54, 1.807) is 0 Å². The minimum atomic E-state index is -0.267. The summed E-state index contributed by atoms with van der Waals surface area (Å²) >= 11 is 0. The molecule has 2 aliphatic rings. The van der Waals surface area contributed by atoms with Crippen LogP contribution in [0.2, 0.25) is 0 Å². The maximum absolute atomic E-state index is 9.60. The summed E-state index contributed by atoms with van der Waals surface area (Å²) in [5, 5.41) is 13.1. The van der Waals surface area contributed by atoms with E-state index in [0.29, 0.717) is 12.1 Å². The van der Waals surface area contributed by atoms with Gasteiger partial charge < -0.3 is 4.90 Å². The van der Waals surface area contributed by atoms with Crippen molar-refractivity contribution in [2.75, 3.05) is 13.6 Å². The Labute approximate surface area is 118 Å². The fourth-order valence-electron chi connectivity index (χ4n) is 3.50. The highest BCUT2D eigenvalue weighted by Crippen LogP contribution is 2.38. The number of nitriles is 1. The molecule has 2 rings (SSSR count). The van der Waals surface area contributed by atoms with Crippen LogP contribution in [0, 0.1) is 17.2 Å². The van der Waals surface area contributed by atoms with E-state index in [-0.39, 0.29) is 5.54 Å². The smallest absolute Gasteiger partial charge is 0.108 e. The maximum atomic E-state index is 9.60. The van der Waals surface area contributed by atoms with Crippen LogP contribution in [0.4, 0.5) is 0 Å². The molecule has 0 aromatic carbocycles. The number of nitrogens with one attached hydrogen (secondary N) is 1. The summed E-state index contributed by atoms with van der Waals surface area (Å²) in [6, 6.07) is 3.85. The summed E-state index contributed by atoms with van der Waals surface area (Å²) in [7, 11) is 2.26. The van der Waals surface area contributed by atoms with Crippen molar-refractivity contribution in [1.29, 1.82) is 5.26 Å². The molecule has 0 bridgehead atoms. The van der Waals surface area contributed by atoms with E-state index in [4.69, 9.17) is 0 Å². The second kappa shape index (κ2) is 6.24. The van der Waals surface area contributed by atoms with Crippen molar-refractivity contribution >= 4 is 0 Å². The molecule has 2 aliphatic carbocycles. The molecule has 0 aromatic rings. The molecule has 108 valence electrons. The molecule has 2 fully saturated rings. The number of hydrogen-bond acceptors (Lipinski definition) is 3. The Morgan fingerprint density at radius 1 is 1.42 bits per heavy atom. The summed E-state index contributed by atoms with van der Waals surface area (Å²) in [6.07, 6.45) is 8.35. The monoisotopic (exact) mass is 263 g/mol. The van der Waals surface area contributed by atoms with E-state index in [1.165, 1.54) is 25.7 Å². The molecule has 0 aromatic heterocycles. The predicted octanol–water partition coefficient (Wildman–Crippen LogP) is 2.92. The summed E-state index contributed by atoms with van der Waals surface area (Å²) in [5.74, 6) is 0.909. The highest BCUT2D eigenvalue weighted by Gasteiger charge is 2.40. The number of nitrogens with zero attached hydrogens (tertiary/aromatic N) is 2. The largest absolute Gasteiger partial charge is 0.300 e. The fourth-order valence-corrected chi connectivity index (χ4v) is 3.50. The molecule has 3 nitrogen and oxygen atoms in total. The zero-order valence-electron chi connectivity index (χ0n) is 12.8. The molecule has 2 saturated carbocycles. The van der Waals surface area contributed by atoms with Gasteiger partial charge in [0.05, 0.1) is 6.07 Å². The highest BCUT2D eigenvalue weighted by molar-refractivity contribution is 5.11.